The van der Waals surface area contributed by atoms with Gasteiger partial charge in [-0.15, -0.1) is 0 Å². The Morgan fingerprint density at radius 3 is 2.63 bits per heavy atom. The summed E-state index contributed by atoms with van der Waals surface area (Å²) in [6, 6.07) is 15.9. The average molecular weight is 364 g/mol. The van der Waals surface area contributed by atoms with Crippen LogP contribution in [0.25, 0.3) is 6.08 Å². The molecule has 2 rings (SSSR count). The van der Waals surface area contributed by atoms with E-state index >= 15 is 0 Å². The van der Waals surface area contributed by atoms with Gasteiger partial charge in [-0.05, 0) is 38.1 Å². The van der Waals surface area contributed by atoms with Gasteiger partial charge in [-0.1, -0.05) is 30.3 Å². The predicted molar refractivity (Wildman–Crippen MR) is 102 cm³/mol. The molecule has 0 bridgehead atoms. The lowest BCUT2D eigenvalue weighted by molar-refractivity contribution is -0.148. The normalized spacial score (nSPS) is 11.4. The molecule has 0 spiro atoms. The van der Waals surface area contributed by atoms with Gasteiger partial charge >= 0.3 is 5.97 Å². The number of amides is 1. The number of esters is 1. The fraction of sp³-hybridized carbons (Fsp3) is 0.190. The van der Waals surface area contributed by atoms with Gasteiger partial charge in [0, 0.05) is 11.6 Å². The number of benzene rings is 2. The molecule has 0 aliphatic carbocycles. The summed E-state index contributed by atoms with van der Waals surface area (Å²) in [5.74, 6) is -0.519. The number of para-hydroxylation sites is 2. The van der Waals surface area contributed by atoms with Crippen molar-refractivity contribution in [3.63, 3.8) is 0 Å². The Morgan fingerprint density at radius 2 is 1.89 bits per heavy atom. The SMILES string of the molecule is CCOc1ccccc1/C=C/C(=O)O[C@@H](C)C(=O)Nc1ccccc1C#N. The Kier molecular flexibility index (Phi) is 7.15. The Balaban J connectivity index is 1.97. The lowest BCUT2D eigenvalue weighted by Gasteiger charge is -2.13. The van der Waals surface area contributed by atoms with Crippen molar-refractivity contribution in [1.82, 2.24) is 0 Å². The van der Waals surface area contributed by atoms with Crippen molar-refractivity contribution < 1.29 is 19.1 Å². The molecule has 0 saturated heterocycles. The van der Waals surface area contributed by atoms with E-state index in [4.69, 9.17) is 14.7 Å². The summed E-state index contributed by atoms with van der Waals surface area (Å²) in [4.78, 5) is 24.2. The van der Waals surface area contributed by atoms with Gasteiger partial charge in [0.25, 0.3) is 5.91 Å². The summed E-state index contributed by atoms with van der Waals surface area (Å²) in [5, 5.41) is 11.6. The van der Waals surface area contributed by atoms with Crippen molar-refractivity contribution in [2.24, 2.45) is 0 Å². The molecule has 1 amide bonds. The maximum atomic E-state index is 12.2. The molecule has 27 heavy (non-hydrogen) atoms. The predicted octanol–water partition coefficient (Wildman–Crippen LogP) is 3.54. The molecule has 1 atom stereocenters. The molecule has 0 heterocycles. The summed E-state index contributed by atoms with van der Waals surface area (Å²) in [6.07, 6.45) is 1.80. The highest BCUT2D eigenvalue weighted by molar-refractivity contribution is 5.97. The first-order valence-electron chi connectivity index (χ1n) is 8.45. The number of hydrogen-bond acceptors (Lipinski definition) is 5. The second-order valence-electron chi connectivity index (χ2n) is 5.53. The van der Waals surface area contributed by atoms with Gasteiger partial charge in [-0.25, -0.2) is 4.79 Å². The molecule has 2 aromatic carbocycles. The number of carbonyl (C=O) groups excluding carboxylic acids is 2. The molecular weight excluding hydrogens is 344 g/mol. The van der Waals surface area contributed by atoms with E-state index in [2.05, 4.69) is 5.32 Å². The molecule has 0 saturated carbocycles. The minimum atomic E-state index is -1.02. The van der Waals surface area contributed by atoms with Crippen molar-refractivity contribution >= 4 is 23.6 Å². The van der Waals surface area contributed by atoms with E-state index in [-0.39, 0.29) is 0 Å². The van der Waals surface area contributed by atoms with Crippen molar-refractivity contribution in [1.29, 1.82) is 5.26 Å². The largest absolute Gasteiger partial charge is 0.493 e. The quantitative estimate of drug-likeness (QED) is 0.600. The third-order valence-electron chi connectivity index (χ3n) is 3.59. The van der Waals surface area contributed by atoms with Gasteiger partial charge in [0.2, 0.25) is 0 Å². The molecule has 0 unspecified atom stereocenters. The molecule has 0 aliphatic heterocycles. The van der Waals surface area contributed by atoms with Crippen molar-refractivity contribution in [2.45, 2.75) is 20.0 Å². The minimum absolute atomic E-state index is 0.330. The second kappa shape index (κ2) is 9.78. The number of carbonyl (C=O) groups is 2. The van der Waals surface area contributed by atoms with E-state index in [1.54, 1.807) is 36.4 Å². The van der Waals surface area contributed by atoms with Crippen LogP contribution >= 0.6 is 0 Å². The molecular formula is C21H20N2O4. The maximum absolute atomic E-state index is 12.2. The summed E-state index contributed by atoms with van der Waals surface area (Å²) < 4.78 is 10.6. The molecule has 2 aromatic rings. The monoisotopic (exact) mass is 364 g/mol. The van der Waals surface area contributed by atoms with Crippen LogP contribution in [0.5, 0.6) is 5.75 Å². The van der Waals surface area contributed by atoms with Gasteiger partial charge in [0.1, 0.15) is 11.8 Å². The van der Waals surface area contributed by atoms with E-state index in [0.717, 1.165) is 5.56 Å². The molecule has 0 radical (unpaired) electrons. The first kappa shape index (κ1) is 19.7. The summed E-state index contributed by atoms with van der Waals surface area (Å²) in [7, 11) is 0. The van der Waals surface area contributed by atoms with Gasteiger partial charge < -0.3 is 14.8 Å². The first-order chi connectivity index (χ1) is 13.0. The number of anilines is 1. The second-order valence-corrected chi connectivity index (χ2v) is 5.53. The summed E-state index contributed by atoms with van der Waals surface area (Å²) >= 11 is 0. The number of rotatable bonds is 7. The number of ether oxygens (including phenoxy) is 2. The standard InChI is InChI=1S/C21H20N2O4/c1-3-26-19-11-7-5-8-16(19)12-13-20(24)27-15(2)21(25)23-18-10-6-4-9-17(18)14-22/h4-13,15H,3H2,1-2H3,(H,23,25)/b13-12+/t15-/m0/s1. The topological polar surface area (TPSA) is 88.4 Å². The Bertz CT molecular complexity index is 884. The lowest BCUT2D eigenvalue weighted by atomic mass is 10.2. The third-order valence-corrected chi connectivity index (χ3v) is 3.59. The van der Waals surface area contributed by atoms with Crippen LogP contribution in [0.2, 0.25) is 0 Å². The Morgan fingerprint density at radius 1 is 1.19 bits per heavy atom. The molecule has 6 heteroatoms. The van der Waals surface area contributed by atoms with Crippen LogP contribution in [0.4, 0.5) is 5.69 Å². The smallest absolute Gasteiger partial charge is 0.331 e. The van der Waals surface area contributed by atoms with Gasteiger partial charge in [-0.3, -0.25) is 4.79 Å². The van der Waals surface area contributed by atoms with Crippen LogP contribution in [-0.2, 0) is 14.3 Å². The van der Waals surface area contributed by atoms with E-state index in [1.807, 2.05) is 31.2 Å². The number of nitrogens with one attached hydrogen (secondary N) is 1. The van der Waals surface area contributed by atoms with Gasteiger partial charge in [0.15, 0.2) is 6.10 Å². The van der Waals surface area contributed by atoms with E-state index in [0.29, 0.717) is 23.6 Å². The number of hydrogen-bond donors (Lipinski definition) is 1. The molecule has 6 nitrogen and oxygen atoms in total. The van der Waals surface area contributed by atoms with E-state index in [1.165, 1.54) is 13.0 Å². The fourth-order valence-electron chi connectivity index (χ4n) is 2.25. The molecule has 0 aromatic heterocycles. The molecule has 138 valence electrons. The zero-order valence-corrected chi connectivity index (χ0v) is 15.1. The van der Waals surface area contributed by atoms with Crippen LogP contribution < -0.4 is 10.1 Å². The molecule has 0 fully saturated rings. The van der Waals surface area contributed by atoms with Crippen molar-refractivity contribution in [3.05, 3.63) is 65.7 Å². The summed E-state index contributed by atoms with van der Waals surface area (Å²) in [5.41, 5.74) is 1.43. The fourth-order valence-corrected chi connectivity index (χ4v) is 2.25. The van der Waals surface area contributed by atoms with Crippen molar-refractivity contribution in [2.75, 3.05) is 11.9 Å². The highest BCUT2D eigenvalue weighted by Crippen LogP contribution is 2.19. The van der Waals surface area contributed by atoms with Crippen LogP contribution in [0, 0.1) is 11.3 Å². The van der Waals surface area contributed by atoms with E-state index < -0.39 is 18.0 Å². The molecule has 1 N–H and O–H groups in total. The van der Waals surface area contributed by atoms with Crippen LogP contribution in [0.3, 0.4) is 0 Å². The van der Waals surface area contributed by atoms with Crippen molar-refractivity contribution in [3.8, 4) is 11.8 Å². The minimum Gasteiger partial charge on any atom is -0.493 e. The number of nitrogens with zero attached hydrogens (tertiary/aromatic N) is 1. The highest BCUT2D eigenvalue weighted by atomic mass is 16.5. The zero-order valence-electron chi connectivity index (χ0n) is 15.1. The third kappa shape index (κ3) is 5.72. The average Bonchev–Trinajstić information content (AvgIpc) is 2.68. The summed E-state index contributed by atoms with van der Waals surface area (Å²) in [6.45, 7) is 3.85. The Hall–Kier alpha value is -3.59. The van der Waals surface area contributed by atoms with Crippen LogP contribution in [-0.4, -0.2) is 24.6 Å². The zero-order chi connectivity index (χ0) is 19.6. The number of nitriles is 1. The highest BCUT2D eigenvalue weighted by Gasteiger charge is 2.17. The van der Waals surface area contributed by atoms with Crippen LogP contribution in [0.1, 0.15) is 25.0 Å². The van der Waals surface area contributed by atoms with Gasteiger partial charge in [-0.2, -0.15) is 5.26 Å². The maximum Gasteiger partial charge on any atom is 0.331 e. The Labute approximate surface area is 158 Å². The first-order valence-corrected chi connectivity index (χ1v) is 8.45. The van der Waals surface area contributed by atoms with E-state index in [9.17, 15) is 9.59 Å². The van der Waals surface area contributed by atoms with Gasteiger partial charge in [0.05, 0.1) is 17.9 Å². The van der Waals surface area contributed by atoms with Crippen LogP contribution in [0.15, 0.2) is 54.6 Å². The molecule has 0 aliphatic rings. The lowest BCUT2D eigenvalue weighted by Crippen LogP contribution is -2.29.